The summed E-state index contributed by atoms with van der Waals surface area (Å²) in [5.74, 6) is -1.76. The minimum absolute atomic E-state index is 0.0844. The van der Waals surface area contributed by atoms with E-state index >= 15 is 0 Å². The van der Waals surface area contributed by atoms with Crippen molar-refractivity contribution in [2.45, 2.75) is 37.3 Å². The molecular weight excluding hydrogens is 448 g/mol. The Hall–Kier alpha value is -3.65. The largest absolute Gasteiger partial charge is 0.481 e. The predicted octanol–water partition coefficient (Wildman–Crippen LogP) is 3.47. The highest BCUT2D eigenvalue weighted by Gasteiger charge is 2.32. The van der Waals surface area contributed by atoms with Crippen molar-refractivity contribution in [1.29, 1.82) is 0 Å². The van der Waals surface area contributed by atoms with Gasteiger partial charge in [-0.25, -0.2) is 4.79 Å². The Morgan fingerprint density at radius 1 is 1.11 bits per heavy atom. The van der Waals surface area contributed by atoms with E-state index in [0.29, 0.717) is 13.0 Å². The van der Waals surface area contributed by atoms with Crippen LogP contribution in [0.25, 0.3) is 11.1 Å². The zero-order valence-electron chi connectivity index (χ0n) is 19.4. The third-order valence-electron chi connectivity index (χ3n) is 6.59. The van der Waals surface area contributed by atoms with E-state index in [2.05, 4.69) is 29.3 Å². The fraction of sp³-hybridized carbons (Fsp3) is 0.370. The standard InChI is InChI=1S/C27H30N2O6/c1-2-7-24(26(32)28-23-12-13-34-15-17(23)14-25(30)31)29-27(33)35-16-22-20-10-5-3-8-18(20)19-9-4-6-11-21(19)22/h2-6,8-11,17,22-24H,1,7,12-16H2,(H,28,32)(H,29,33)(H,30,31). The molecule has 3 atom stereocenters. The summed E-state index contributed by atoms with van der Waals surface area (Å²) in [5, 5.41) is 14.7. The number of hydrogen-bond donors (Lipinski definition) is 3. The highest BCUT2D eigenvalue weighted by atomic mass is 16.5. The molecule has 0 aromatic heterocycles. The molecule has 0 spiro atoms. The molecule has 2 aliphatic rings. The van der Waals surface area contributed by atoms with Crippen molar-refractivity contribution in [2.75, 3.05) is 19.8 Å². The third-order valence-corrected chi connectivity index (χ3v) is 6.59. The number of fused-ring (bicyclic) bond motifs is 3. The number of carboxylic acid groups (broad SMARTS) is 1. The summed E-state index contributed by atoms with van der Waals surface area (Å²) in [6, 6.07) is 14.9. The monoisotopic (exact) mass is 478 g/mol. The lowest BCUT2D eigenvalue weighted by Crippen LogP contribution is -2.53. The molecule has 2 amide bonds. The molecule has 8 nitrogen and oxygen atoms in total. The molecule has 3 N–H and O–H groups in total. The topological polar surface area (TPSA) is 114 Å². The van der Waals surface area contributed by atoms with E-state index in [4.69, 9.17) is 14.6 Å². The normalized spacial score (nSPS) is 19.7. The van der Waals surface area contributed by atoms with Crippen LogP contribution in [0.5, 0.6) is 0 Å². The van der Waals surface area contributed by atoms with Gasteiger partial charge in [0.15, 0.2) is 0 Å². The number of benzene rings is 2. The number of carboxylic acids is 1. The summed E-state index contributed by atoms with van der Waals surface area (Å²) in [7, 11) is 0. The van der Waals surface area contributed by atoms with Crippen LogP contribution in [0.1, 0.15) is 36.3 Å². The molecule has 8 heteroatoms. The molecule has 0 saturated carbocycles. The number of nitrogens with one attached hydrogen (secondary N) is 2. The van der Waals surface area contributed by atoms with Gasteiger partial charge >= 0.3 is 12.1 Å². The zero-order chi connectivity index (χ0) is 24.8. The van der Waals surface area contributed by atoms with Gasteiger partial charge in [-0.3, -0.25) is 9.59 Å². The Morgan fingerprint density at radius 3 is 2.40 bits per heavy atom. The number of amides is 2. The Labute approximate surface area is 204 Å². The summed E-state index contributed by atoms with van der Waals surface area (Å²) in [6.45, 7) is 4.53. The molecular formula is C27H30N2O6. The van der Waals surface area contributed by atoms with Crippen LogP contribution >= 0.6 is 0 Å². The van der Waals surface area contributed by atoms with Gasteiger partial charge in [0.2, 0.25) is 5.91 Å². The Kier molecular flexibility index (Phi) is 7.82. The van der Waals surface area contributed by atoms with Crippen LogP contribution in [0.15, 0.2) is 61.2 Å². The Bertz CT molecular complexity index is 1060. The molecule has 0 radical (unpaired) electrons. The van der Waals surface area contributed by atoms with E-state index in [1.54, 1.807) is 6.08 Å². The molecule has 1 fully saturated rings. The molecule has 1 aliphatic carbocycles. The van der Waals surface area contributed by atoms with E-state index in [1.165, 1.54) is 0 Å². The molecule has 1 heterocycles. The lowest BCUT2D eigenvalue weighted by Gasteiger charge is -2.32. The summed E-state index contributed by atoms with van der Waals surface area (Å²) in [4.78, 5) is 36.8. The smallest absolute Gasteiger partial charge is 0.407 e. The van der Waals surface area contributed by atoms with Gasteiger partial charge in [0, 0.05) is 24.5 Å². The fourth-order valence-electron chi connectivity index (χ4n) is 4.88. The first-order chi connectivity index (χ1) is 17.0. The van der Waals surface area contributed by atoms with Crippen molar-refractivity contribution in [2.24, 2.45) is 5.92 Å². The van der Waals surface area contributed by atoms with E-state index in [9.17, 15) is 14.4 Å². The molecule has 35 heavy (non-hydrogen) atoms. The SMILES string of the molecule is C=CCC(NC(=O)OCC1c2ccccc2-c2ccccc21)C(=O)NC1CCOCC1CC(=O)O. The second-order valence-electron chi connectivity index (χ2n) is 8.88. The van der Waals surface area contributed by atoms with Crippen molar-refractivity contribution < 1.29 is 29.0 Å². The first-order valence-electron chi connectivity index (χ1n) is 11.8. The van der Waals surface area contributed by atoms with E-state index in [0.717, 1.165) is 22.3 Å². The maximum absolute atomic E-state index is 12.9. The van der Waals surface area contributed by atoms with Crippen LogP contribution in [0.3, 0.4) is 0 Å². The van der Waals surface area contributed by atoms with Crippen molar-refractivity contribution in [1.82, 2.24) is 10.6 Å². The molecule has 2 aromatic rings. The van der Waals surface area contributed by atoms with Crippen LogP contribution in [0, 0.1) is 5.92 Å². The van der Waals surface area contributed by atoms with Crippen molar-refractivity contribution >= 4 is 18.0 Å². The van der Waals surface area contributed by atoms with Crippen LogP contribution in [0.2, 0.25) is 0 Å². The minimum Gasteiger partial charge on any atom is -0.481 e. The van der Waals surface area contributed by atoms with E-state index < -0.39 is 24.0 Å². The summed E-state index contributed by atoms with van der Waals surface area (Å²) in [6.07, 6.45) is 1.48. The molecule has 4 rings (SSSR count). The van der Waals surface area contributed by atoms with Crippen molar-refractivity contribution in [3.63, 3.8) is 0 Å². The summed E-state index contributed by atoms with van der Waals surface area (Å²) in [5.41, 5.74) is 4.47. The number of aliphatic carboxylic acids is 1. The van der Waals surface area contributed by atoms with Gasteiger partial charge in [-0.1, -0.05) is 54.6 Å². The van der Waals surface area contributed by atoms with Crippen LogP contribution < -0.4 is 10.6 Å². The van der Waals surface area contributed by atoms with E-state index in [-0.39, 0.29) is 43.9 Å². The maximum atomic E-state index is 12.9. The van der Waals surface area contributed by atoms with Gasteiger partial charge < -0.3 is 25.2 Å². The van der Waals surface area contributed by atoms with Crippen LogP contribution in [-0.4, -0.2) is 55.0 Å². The average molecular weight is 479 g/mol. The van der Waals surface area contributed by atoms with Gasteiger partial charge in [-0.15, -0.1) is 6.58 Å². The quantitative estimate of drug-likeness (QED) is 0.476. The molecule has 0 bridgehead atoms. The molecule has 1 aliphatic heterocycles. The van der Waals surface area contributed by atoms with Crippen molar-refractivity contribution in [3.8, 4) is 11.1 Å². The lowest BCUT2D eigenvalue weighted by atomic mass is 9.92. The van der Waals surface area contributed by atoms with Crippen LogP contribution in [0.4, 0.5) is 4.79 Å². The van der Waals surface area contributed by atoms with Gasteiger partial charge in [0.1, 0.15) is 12.6 Å². The third kappa shape index (κ3) is 5.71. The number of ether oxygens (including phenoxy) is 2. The number of carbonyl (C=O) groups is 3. The molecule has 3 unspecified atom stereocenters. The predicted molar refractivity (Wildman–Crippen MR) is 130 cm³/mol. The van der Waals surface area contributed by atoms with E-state index in [1.807, 2.05) is 36.4 Å². The number of hydrogen-bond acceptors (Lipinski definition) is 5. The van der Waals surface area contributed by atoms with Crippen LogP contribution in [-0.2, 0) is 19.1 Å². The highest BCUT2D eigenvalue weighted by molar-refractivity contribution is 5.86. The molecule has 184 valence electrons. The second kappa shape index (κ2) is 11.2. The number of rotatable bonds is 9. The molecule has 2 aromatic carbocycles. The first kappa shape index (κ1) is 24.5. The zero-order valence-corrected chi connectivity index (χ0v) is 19.4. The van der Waals surface area contributed by atoms with Gasteiger partial charge in [-0.2, -0.15) is 0 Å². The Balaban J connectivity index is 1.37. The Morgan fingerprint density at radius 2 is 1.77 bits per heavy atom. The minimum atomic E-state index is -0.945. The summed E-state index contributed by atoms with van der Waals surface area (Å²) < 4.78 is 10.9. The first-order valence-corrected chi connectivity index (χ1v) is 11.8. The fourth-order valence-corrected chi connectivity index (χ4v) is 4.88. The maximum Gasteiger partial charge on any atom is 0.407 e. The van der Waals surface area contributed by atoms with Gasteiger partial charge in [0.05, 0.1) is 13.0 Å². The molecule has 1 saturated heterocycles. The average Bonchev–Trinajstić information content (AvgIpc) is 3.17. The number of carbonyl (C=O) groups excluding carboxylic acids is 2. The van der Waals surface area contributed by atoms with Crippen molar-refractivity contribution in [3.05, 3.63) is 72.3 Å². The van der Waals surface area contributed by atoms with Gasteiger partial charge in [0.25, 0.3) is 0 Å². The number of alkyl carbamates (subject to hydrolysis) is 1. The van der Waals surface area contributed by atoms with Gasteiger partial charge in [-0.05, 0) is 35.1 Å². The highest BCUT2D eigenvalue weighted by Crippen LogP contribution is 2.44. The summed E-state index contributed by atoms with van der Waals surface area (Å²) >= 11 is 0. The second-order valence-corrected chi connectivity index (χ2v) is 8.88. The lowest BCUT2D eigenvalue weighted by molar-refractivity contribution is -0.140.